The van der Waals surface area contributed by atoms with Gasteiger partial charge in [-0.2, -0.15) is 10.1 Å². The quantitative estimate of drug-likeness (QED) is 0.724. The number of rotatable bonds is 4. The highest BCUT2D eigenvalue weighted by Crippen LogP contribution is 2.23. The molecule has 0 amide bonds. The third kappa shape index (κ3) is 2.74. The van der Waals surface area contributed by atoms with Gasteiger partial charge in [-0.15, -0.1) is 0 Å². The van der Waals surface area contributed by atoms with Crippen LogP contribution >= 0.6 is 0 Å². The Morgan fingerprint density at radius 1 is 1.09 bits per heavy atom. The zero-order valence-corrected chi connectivity index (χ0v) is 12.2. The van der Waals surface area contributed by atoms with E-state index in [0.717, 1.165) is 5.56 Å². The van der Waals surface area contributed by atoms with Crippen LogP contribution in [-0.4, -0.2) is 21.0 Å². The number of anilines is 1. The van der Waals surface area contributed by atoms with Crippen molar-refractivity contribution in [2.45, 2.75) is 12.8 Å². The molecule has 2 aromatic carbocycles. The lowest BCUT2D eigenvalue weighted by molar-refractivity contribution is 0.103. The largest absolute Gasteiger partial charge is 0.368 e. The third-order valence-corrected chi connectivity index (χ3v) is 3.59. The number of nitrogens with zero attached hydrogens (tertiary/aromatic N) is 2. The normalized spacial score (nSPS) is 12.0. The summed E-state index contributed by atoms with van der Waals surface area (Å²) in [5, 5.41) is 6.71. The van der Waals surface area contributed by atoms with Crippen molar-refractivity contribution in [2.75, 3.05) is 5.73 Å². The lowest BCUT2D eigenvalue weighted by atomic mass is 9.95. The van der Waals surface area contributed by atoms with Crippen molar-refractivity contribution in [3.05, 3.63) is 77.1 Å². The Bertz CT molecular complexity index is 795. The van der Waals surface area contributed by atoms with Gasteiger partial charge < -0.3 is 5.73 Å². The molecule has 3 aromatic rings. The summed E-state index contributed by atoms with van der Waals surface area (Å²) in [6, 6.07) is 16.8. The SMILES string of the molecule is CC(c1cccc(C(=O)c2ccccc2)c1)c1n[nH]c(N)n1. The van der Waals surface area contributed by atoms with Crippen molar-refractivity contribution in [3.8, 4) is 0 Å². The lowest BCUT2D eigenvalue weighted by Crippen LogP contribution is -2.04. The number of hydrogen-bond acceptors (Lipinski definition) is 4. The molecule has 3 rings (SSSR count). The Morgan fingerprint density at radius 3 is 2.50 bits per heavy atom. The maximum atomic E-state index is 12.5. The molecule has 0 aliphatic heterocycles. The van der Waals surface area contributed by atoms with Crippen LogP contribution in [0.25, 0.3) is 0 Å². The van der Waals surface area contributed by atoms with E-state index in [2.05, 4.69) is 15.2 Å². The molecule has 1 unspecified atom stereocenters. The summed E-state index contributed by atoms with van der Waals surface area (Å²) in [6.45, 7) is 1.98. The number of nitrogens with two attached hydrogens (primary N) is 1. The van der Waals surface area contributed by atoms with Crippen molar-refractivity contribution < 1.29 is 4.79 Å². The monoisotopic (exact) mass is 292 g/mol. The van der Waals surface area contributed by atoms with Crippen LogP contribution in [0.15, 0.2) is 54.6 Å². The minimum Gasteiger partial charge on any atom is -0.368 e. The highest BCUT2D eigenvalue weighted by molar-refractivity contribution is 6.09. The fourth-order valence-electron chi connectivity index (χ4n) is 2.34. The van der Waals surface area contributed by atoms with Crippen LogP contribution in [0.5, 0.6) is 0 Å². The van der Waals surface area contributed by atoms with Gasteiger partial charge in [0, 0.05) is 17.0 Å². The standard InChI is InChI=1S/C17H16N4O/c1-11(16-19-17(18)21-20-16)13-8-5-9-14(10-13)15(22)12-6-3-2-4-7-12/h2-11H,1H3,(H3,18,19,20,21). The summed E-state index contributed by atoms with van der Waals surface area (Å²) in [7, 11) is 0. The average Bonchev–Trinajstić information content (AvgIpc) is 3.01. The molecule has 5 heteroatoms. The Morgan fingerprint density at radius 2 is 1.82 bits per heavy atom. The van der Waals surface area contributed by atoms with Crippen LogP contribution in [0.2, 0.25) is 0 Å². The molecule has 0 fully saturated rings. The smallest absolute Gasteiger partial charge is 0.216 e. The van der Waals surface area contributed by atoms with Crippen molar-refractivity contribution in [1.82, 2.24) is 15.2 Å². The van der Waals surface area contributed by atoms with E-state index in [9.17, 15) is 4.79 Å². The molecule has 1 atom stereocenters. The minimum atomic E-state index is -0.0444. The van der Waals surface area contributed by atoms with Crippen molar-refractivity contribution >= 4 is 11.7 Å². The Labute approximate surface area is 128 Å². The maximum absolute atomic E-state index is 12.5. The zero-order valence-electron chi connectivity index (χ0n) is 12.2. The molecule has 0 aliphatic carbocycles. The number of aromatic amines is 1. The van der Waals surface area contributed by atoms with Crippen molar-refractivity contribution in [3.63, 3.8) is 0 Å². The predicted octanol–water partition coefficient (Wildman–Crippen LogP) is 2.77. The van der Waals surface area contributed by atoms with Gasteiger partial charge in [0.15, 0.2) is 11.6 Å². The molecule has 0 spiro atoms. The summed E-state index contributed by atoms with van der Waals surface area (Å²) in [4.78, 5) is 16.7. The van der Waals surface area contributed by atoms with Crippen molar-refractivity contribution in [1.29, 1.82) is 0 Å². The topological polar surface area (TPSA) is 84.7 Å². The van der Waals surface area contributed by atoms with E-state index < -0.39 is 0 Å². The first-order valence-electron chi connectivity index (χ1n) is 7.02. The average molecular weight is 292 g/mol. The molecular weight excluding hydrogens is 276 g/mol. The van der Waals surface area contributed by atoms with Crippen LogP contribution in [0.3, 0.4) is 0 Å². The molecule has 0 aliphatic rings. The summed E-state index contributed by atoms with van der Waals surface area (Å²) in [6.07, 6.45) is 0. The van der Waals surface area contributed by atoms with Crippen molar-refractivity contribution in [2.24, 2.45) is 0 Å². The number of nitrogens with one attached hydrogen (secondary N) is 1. The summed E-state index contributed by atoms with van der Waals surface area (Å²) in [5.74, 6) is 0.862. The highest BCUT2D eigenvalue weighted by Gasteiger charge is 2.16. The van der Waals surface area contributed by atoms with E-state index >= 15 is 0 Å². The van der Waals surface area contributed by atoms with Crippen LogP contribution in [0.1, 0.15) is 40.2 Å². The van der Waals surface area contributed by atoms with E-state index in [1.807, 2.05) is 61.5 Å². The van der Waals surface area contributed by atoms with Crippen LogP contribution in [0.4, 0.5) is 5.95 Å². The zero-order chi connectivity index (χ0) is 15.5. The van der Waals surface area contributed by atoms with Gasteiger partial charge in [-0.1, -0.05) is 55.5 Å². The van der Waals surface area contributed by atoms with Gasteiger partial charge >= 0.3 is 0 Å². The molecule has 1 aromatic heterocycles. The molecule has 5 nitrogen and oxygen atoms in total. The van der Waals surface area contributed by atoms with Gasteiger partial charge in [0.1, 0.15) is 0 Å². The summed E-state index contributed by atoms with van der Waals surface area (Å²) >= 11 is 0. The fraction of sp³-hybridized carbons (Fsp3) is 0.118. The molecule has 1 heterocycles. The third-order valence-electron chi connectivity index (χ3n) is 3.59. The van der Waals surface area contributed by atoms with Crippen LogP contribution in [0, 0.1) is 0 Å². The maximum Gasteiger partial charge on any atom is 0.216 e. The van der Waals surface area contributed by atoms with Gasteiger partial charge in [-0.25, -0.2) is 5.10 Å². The van der Waals surface area contributed by atoms with E-state index in [4.69, 9.17) is 5.73 Å². The number of aromatic nitrogens is 3. The predicted molar refractivity (Wildman–Crippen MR) is 84.6 cm³/mol. The minimum absolute atomic E-state index is 0.00384. The number of carbonyl (C=O) groups excluding carboxylic acids is 1. The fourth-order valence-corrected chi connectivity index (χ4v) is 2.34. The number of carbonyl (C=O) groups is 1. The van der Waals surface area contributed by atoms with Crippen LogP contribution < -0.4 is 5.73 Å². The molecule has 0 radical (unpaired) electrons. The molecule has 110 valence electrons. The van der Waals surface area contributed by atoms with E-state index in [-0.39, 0.29) is 11.7 Å². The Kier molecular flexibility index (Phi) is 3.70. The second-order valence-electron chi connectivity index (χ2n) is 5.12. The van der Waals surface area contributed by atoms with Gasteiger partial charge in [0.2, 0.25) is 5.95 Å². The van der Waals surface area contributed by atoms with E-state index in [1.54, 1.807) is 0 Å². The van der Waals surface area contributed by atoms with Gasteiger partial charge in [0.25, 0.3) is 0 Å². The van der Waals surface area contributed by atoms with E-state index in [0.29, 0.717) is 22.9 Å². The first-order chi connectivity index (χ1) is 10.6. The molecule has 0 bridgehead atoms. The number of hydrogen-bond donors (Lipinski definition) is 2. The number of H-pyrrole nitrogens is 1. The second kappa shape index (κ2) is 5.81. The molecule has 0 saturated heterocycles. The molecular formula is C17H16N4O. The Hall–Kier alpha value is -2.95. The number of nitrogen functional groups attached to an aromatic ring is 1. The second-order valence-corrected chi connectivity index (χ2v) is 5.12. The highest BCUT2D eigenvalue weighted by atomic mass is 16.1. The number of ketones is 1. The Balaban J connectivity index is 1.91. The summed E-state index contributed by atoms with van der Waals surface area (Å²) in [5.41, 5.74) is 7.87. The number of benzene rings is 2. The van der Waals surface area contributed by atoms with Crippen LogP contribution in [-0.2, 0) is 0 Å². The van der Waals surface area contributed by atoms with E-state index in [1.165, 1.54) is 0 Å². The van der Waals surface area contributed by atoms with Gasteiger partial charge in [-0.05, 0) is 11.6 Å². The molecule has 0 saturated carbocycles. The lowest BCUT2D eigenvalue weighted by Gasteiger charge is -2.09. The first kappa shape index (κ1) is 14.0. The summed E-state index contributed by atoms with van der Waals surface area (Å²) < 4.78 is 0. The molecule has 22 heavy (non-hydrogen) atoms. The first-order valence-corrected chi connectivity index (χ1v) is 7.02. The van der Waals surface area contributed by atoms with Gasteiger partial charge in [0.05, 0.1) is 0 Å². The molecule has 3 N–H and O–H groups in total. The van der Waals surface area contributed by atoms with Gasteiger partial charge in [-0.3, -0.25) is 4.79 Å².